The van der Waals surface area contributed by atoms with Gasteiger partial charge in [-0.2, -0.15) is 0 Å². The van der Waals surface area contributed by atoms with Gasteiger partial charge in [0, 0.05) is 41.4 Å². The molecule has 0 aliphatic carbocycles. The molecule has 1 N–H and O–H groups in total. The average Bonchev–Trinajstić information content (AvgIpc) is 3.46. The number of anilines is 2. The molecule has 0 spiro atoms. The minimum Gasteiger partial charge on any atom is -0.503 e. The molecule has 1 atom stereocenters. The predicted octanol–water partition coefficient (Wildman–Crippen LogP) is 5.82. The van der Waals surface area contributed by atoms with Gasteiger partial charge in [-0.1, -0.05) is 28.1 Å². The first kappa shape index (κ1) is 24.1. The van der Waals surface area contributed by atoms with Gasteiger partial charge in [0.1, 0.15) is 18.8 Å². The summed E-state index contributed by atoms with van der Waals surface area (Å²) in [4.78, 5) is 30.8. The van der Waals surface area contributed by atoms with Crippen LogP contribution < -0.4 is 19.3 Å². The van der Waals surface area contributed by atoms with Crippen LogP contribution in [0, 0.1) is 0 Å². The molecule has 0 fully saturated rings. The predicted molar refractivity (Wildman–Crippen MR) is 146 cm³/mol. The second-order valence-corrected chi connectivity index (χ2v) is 10.2. The number of Topliss-reactive ketones (excluding diaryl/α,β-unsaturated/α-hetero) is 1. The van der Waals surface area contributed by atoms with Gasteiger partial charge in [0.2, 0.25) is 5.78 Å². The molecule has 3 heterocycles. The summed E-state index contributed by atoms with van der Waals surface area (Å²) in [7, 11) is 3.85. The highest BCUT2D eigenvalue weighted by molar-refractivity contribution is 9.10. The summed E-state index contributed by atoms with van der Waals surface area (Å²) < 4.78 is 18.0. The molecule has 0 saturated heterocycles. The zero-order valence-corrected chi connectivity index (χ0v) is 22.2. The minimum absolute atomic E-state index is 0.0337. The molecule has 2 aliphatic heterocycles. The lowest BCUT2D eigenvalue weighted by molar-refractivity contribution is -0.117. The average molecular weight is 575 g/mol. The van der Waals surface area contributed by atoms with E-state index in [9.17, 15) is 14.7 Å². The number of nitrogens with zero attached hydrogens (tertiary/aromatic N) is 2. The third-order valence-electron chi connectivity index (χ3n) is 6.68. The van der Waals surface area contributed by atoms with Crippen LogP contribution in [0.5, 0.6) is 11.5 Å². The van der Waals surface area contributed by atoms with Crippen molar-refractivity contribution in [3.05, 3.63) is 93.9 Å². The number of fused-ring (bicyclic) bond motifs is 2. The number of ether oxygens (including phenoxy) is 2. The Balaban J connectivity index is 1.48. The summed E-state index contributed by atoms with van der Waals surface area (Å²) in [6.45, 7) is 0.820. The SMILES string of the molecule is CN(C)c1ccc(C2C(C(=O)c3cc4cc(Br)ccc4o3)=C(O)C(=O)N2c2ccc3c(c2)OCCO3)cc1. The number of ketones is 1. The molecule has 2 aliphatic rings. The molecular formula is C29H23BrN2O6. The van der Waals surface area contributed by atoms with Crippen molar-refractivity contribution in [1.82, 2.24) is 0 Å². The summed E-state index contributed by atoms with van der Waals surface area (Å²) in [5.41, 5.74) is 2.54. The summed E-state index contributed by atoms with van der Waals surface area (Å²) in [5, 5.41) is 11.8. The molecule has 8 nitrogen and oxygen atoms in total. The lowest BCUT2D eigenvalue weighted by atomic mass is 9.94. The number of furan rings is 1. The summed E-state index contributed by atoms with van der Waals surface area (Å²) >= 11 is 3.43. The van der Waals surface area contributed by atoms with Crippen LogP contribution in [0.1, 0.15) is 22.2 Å². The maximum absolute atomic E-state index is 13.9. The highest BCUT2D eigenvalue weighted by Crippen LogP contribution is 2.45. The van der Waals surface area contributed by atoms with Crippen molar-refractivity contribution in [2.75, 3.05) is 37.1 Å². The van der Waals surface area contributed by atoms with Gasteiger partial charge in [0.15, 0.2) is 23.0 Å². The van der Waals surface area contributed by atoms with E-state index in [2.05, 4.69) is 15.9 Å². The molecule has 1 amide bonds. The van der Waals surface area contributed by atoms with Crippen LogP contribution in [0.15, 0.2) is 87.0 Å². The summed E-state index contributed by atoms with van der Waals surface area (Å²) in [5.74, 6) is -0.777. The molecule has 6 rings (SSSR count). The molecule has 1 unspecified atom stereocenters. The molecule has 9 heteroatoms. The molecule has 4 aromatic rings. The highest BCUT2D eigenvalue weighted by Gasteiger charge is 2.45. The third-order valence-corrected chi connectivity index (χ3v) is 7.18. The second kappa shape index (κ2) is 9.25. The van der Waals surface area contributed by atoms with Crippen molar-refractivity contribution >= 4 is 50.0 Å². The van der Waals surface area contributed by atoms with E-state index in [0.29, 0.717) is 41.5 Å². The van der Waals surface area contributed by atoms with Crippen LogP contribution in [0.4, 0.5) is 11.4 Å². The number of carbonyl (C=O) groups is 2. The van der Waals surface area contributed by atoms with Crippen molar-refractivity contribution in [3.8, 4) is 11.5 Å². The number of amides is 1. The first-order valence-corrected chi connectivity index (χ1v) is 12.8. The Morgan fingerprint density at radius 2 is 1.71 bits per heavy atom. The van der Waals surface area contributed by atoms with Crippen molar-refractivity contribution in [2.24, 2.45) is 0 Å². The molecule has 0 radical (unpaired) electrons. The Kier molecular flexibility index (Phi) is 5.87. The molecule has 1 aromatic heterocycles. The van der Waals surface area contributed by atoms with Crippen molar-refractivity contribution in [1.29, 1.82) is 0 Å². The van der Waals surface area contributed by atoms with E-state index in [1.165, 1.54) is 4.90 Å². The number of aliphatic hydroxyl groups excluding tert-OH is 1. The van der Waals surface area contributed by atoms with Crippen molar-refractivity contribution in [2.45, 2.75) is 6.04 Å². The van der Waals surface area contributed by atoms with E-state index in [4.69, 9.17) is 13.9 Å². The van der Waals surface area contributed by atoms with Gasteiger partial charge < -0.3 is 23.9 Å². The van der Waals surface area contributed by atoms with Crippen molar-refractivity contribution in [3.63, 3.8) is 0 Å². The Morgan fingerprint density at radius 3 is 2.45 bits per heavy atom. The lowest BCUT2D eigenvalue weighted by Crippen LogP contribution is -2.31. The van der Waals surface area contributed by atoms with Crippen LogP contribution in [-0.4, -0.2) is 44.1 Å². The first-order valence-electron chi connectivity index (χ1n) is 12.0. The number of benzene rings is 3. The van der Waals surface area contributed by atoms with Gasteiger partial charge in [-0.05, 0) is 54.1 Å². The number of hydrogen-bond donors (Lipinski definition) is 1. The maximum Gasteiger partial charge on any atom is 0.294 e. The van der Waals surface area contributed by atoms with Gasteiger partial charge in [-0.15, -0.1) is 0 Å². The number of rotatable bonds is 5. The monoisotopic (exact) mass is 574 g/mol. The topological polar surface area (TPSA) is 92.5 Å². The van der Waals surface area contributed by atoms with E-state index in [1.807, 2.05) is 55.4 Å². The smallest absolute Gasteiger partial charge is 0.294 e. The molecular weight excluding hydrogens is 552 g/mol. The number of carbonyl (C=O) groups excluding carboxylic acids is 2. The van der Waals surface area contributed by atoms with Crippen LogP contribution in [0.3, 0.4) is 0 Å². The van der Waals surface area contributed by atoms with E-state index < -0.39 is 23.5 Å². The zero-order valence-electron chi connectivity index (χ0n) is 20.6. The van der Waals surface area contributed by atoms with Crippen LogP contribution in [-0.2, 0) is 4.79 Å². The molecule has 38 heavy (non-hydrogen) atoms. The Morgan fingerprint density at radius 1 is 0.974 bits per heavy atom. The minimum atomic E-state index is -0.895. The largest absolute Gasteiger partial charge is 0.503 e. The fourth-order valence-electron chi connectivity index (χ4n) is 4.81. The number of aliphatic hydroxyl groups is 1. The van der Waals surface area contributed by atoms with Gasteiger partial charge in [0.05, 0.1) is 11.6 Å². The number of halogens is 1. The molecule has 0 bridgehead atoms. The second-order valence-electron chi connectivity index (χ2n) is 9.28. The Hall–Kier alpha value is -4.24. The Labute approximate surface area is 226 Å². The first-order chi connectivity index (χ1) is 18.3. The maximum atomic E-state index is 13.9. The standard InChI is InChI=1S/C29H23BrN2O6/c1-31(2)19-6-3-16(4-7-19)26-25(27(33)24-14-17-13-18(30)5-9-21(17)38-24)28(34)29(35)32(26)20-8-10-22-23(15-20)37-12-11-36-22/h3-10,13-15,26,34H,11-12H2,1-2H3. The summed E-state index contributed by atoms with van der Waals surface area (Å²) in [6, 6.07) is 18.7. The van der Waals surface area contributed by atoms with E-state index in [-0.39, 0.29) is 11.3 Å². The quantitative estimate of drug-likeness (QED) is 0.300. The van der Waals surface area contributed by atoms with Gasteiger partial charge in [0.25, 0.3) is 5.91 Å². The highest BCUT2D eigenvalue weighted by atomic mass is 79.9. The fraction of sp³-hybridized carbons (Fsp3) is 0.172. The fourth-order valence-corrected chi connectivity index (χ4v) is 5.19. The van der Waals surface area contributed by atoms with E-state index in [1.54, 1.807) is 30.3 Å². The zero-order chi connectivity index (χ0) is 26.6. The van der Waals surface area contributed by atoms with Crippen LogP contribution >= 0.6 is 15.9 Å². The third kappa shape index (κ3) is 3.99. The molecule has 3 aromatic carbocycles. The van der Waals surface area contributed by atoms with Gasteiger partial charge in [-0.3, -0.25) is 14.5 Å². The molecule has 192 valence electrons. The van der Waals surface area contributed by atoms with Gasteiger partial charge >= 0.3 is 0 Å². The van der Waals surface area contributed by atoms with Crippen LogP contribution in [0.25, 0.3) is 11.0 Å². The van der Waals surface area contributed by atoms with Gasteiger partial charge in [-0.25, -0.2) is 0 Å². The lowest BCUT2D eigenvalue weighted by Gasteiger charge is -2.28. The number of hydrogen-bond acceptors (Lipinski definition) is 7. The normalized spacial score (nSPS) is 16.9. The van der Waals surface area contributed by atoms with E-state index in [0.717, 1.165) is 15.5 Å². The van der Waals surface area contributed by atoms with Crippen molar-refractivity contribution < 1.29 is 28.6 Å². The van der Waals surface area contributed by atoms with E-state index >= 15 is 0 Å². The Bertz CT molecular complexity index is 1620. The summed E-state index contributed by atoms with van der Waals surface area (Å²) in [6.07, 6.45) is 0. The van der Waals surface area contributed by atoms with Crippen LogP contribution in [0.2, 0.25) is 0 Å². The molecule has 0 saturated carbocycles.